The molecule has 3 rings (SSSR count). The molecule has 6 heteroatoms. The van der Waals surface area contributed by atoms with E-state index < -0.39 is 11.9 Å². The lowest BCUT2D eigenvalue weighted by atomic mass is 10.1. The second kappa shape index (κ2) is 8.05. The Morgan fingerprint density at radius 1 is 0.815 bits per heavy atom. The summed E-state index contributed by atoms with van der Waals surface area (Å²) in [6.07, 6.45) is 0. The van der Waals surface area contributed by atoms with E-state index in [1.165, 1.54) is 6.07 Å². The van der Waals surface area contributed by atoms with E-state index in [9.17, 15) is 9.59 Å². The van der Waals surface area contributed by atoms with Gasteiger partial charge in [0.2, 0.25) is 0 Å². The molecule has 0 radical (unpaired) electrons. The van der Waals surface area contributed by atoms with Crippen molar-refractivity contribution in [3.8, 4) is 11.5 Å². The Hall–Kier alpha value is -3.80. The summed E-state index contributed by atoms with van der Waals surface area (Å²) in [6.45, 7) is 0. The average molecular weight is 362 g/mol. The molecule has 136 valence electrons. The zero-order valence-electron chi connectivity index (χ0n) is 14.6. The number of nitrogens with one attached hydrogen (secondary N) is 1. The molecule has 0 aliphatic carbocycles. The molecule has 3 aromatic carbocycles. The van der Waals surface area contributed by atoms with E-state index in [-0.39, 0.29) is 16.9 Å². The largest absolute Gasteiger partial charge is 0.423 e. The molecule has 0 fully saturated rings. The third kappa shape index (κ3) is 4.43. The zero-order chi connectivity index (χ0) is 19.2. The highest BCUT2D eigenvalue weighted by molar-refractivity contribution is 5.97. The molecule has 0 aliphatic rings. The predicted molar refractivity (Wildman–Crippen MR) is 103 cm³/mol. The molecule has 0 bridgehead atoms. The van der Waals surface area contributed by atoms with Crippen LogP contribution in [-0.2, 0) is 0 Å². The number of hydrogen-bond donors (Lipinski definition) is 2. The van der Waals surface area contributed by atoms with Crippen LogP contribution in [0.2, 0.25) is 0 Å². The Kier molecular flexibility index (Phi) is 5.37. The van der Waals surface area contributed by atoms with Gasteiger partial charge in [-0.15, -0.1) is 0 Å². The van der Waals surface area contributed by atoms with Crippen molar-refractivity contribution in [2.45, 2.75) is 0 Å². The molecule has 0 aliphatic heterocycles. The first-order chi connectivity index (χ1) is 13.1. The quantitative estimate of drug-likeness (QED) is 0.408. The number of para-hydroxylation sites is 2. The van der Waals surface area contributed by atoms with Gasteiger partial charge in [0, 0.05) is 12.7 Å². The molecule has 0 atom stereocenters. The predicted octanol–water partition coefficient (Wildman–Crippen LogP) is 3.75. The molecular weight excluding hydrogens is 344 g/mol. The Balaban J connectivity index is 1.73. The lowest BCUT2D eigenvalue weighted by Crippen LogP contribution is -2.13. The molecule has 0 unspecified atom stereocenters. The minimum atomic E-state index is -0.610. The van der Waals surface area contributed by atoms with Gasteiger partial charge in [0.25, 0.3) is 0 Å². The third-order valence-electron chi connectivity index (χ3n) is 3.81. The van der Waals surface area contributed by atoms with Crippen molar-refractivity contribution in [3.05, 3.63) is 83.9 Å². The summed E-state index contributed by atoms with van der Waals surface area (Å²) < 4.78 is 10.6. The first-order valence-electron chi connectivity index (χ1n) is 8.23. The Morgan fingerprint density at radius 2 is 1.44 bits per heavy atom. The van der Waals surface area contributed by atoms with Crippen molar-refractivity contribution in [1.29, 1.82) is 0 Å². The van der Waals surface area contributed by atoms with E-state index >= 15 is 0 Å². The number of esters is 2. The summed E-state index contributed by atoms with van der Waals surface area (Å²) in [6, 6.07) is 19.8. The monoisotopic (exact) mass is 362 g/mol. The van der Waals surface area contributed by atoms with E-state index in [2.05, 4.69) is 5.32 Å². The van der Waals surface area contributed by atoms with Crippen LogP contribution in [0.4, 0.5) is 11.4 Å². The highest BCUT2D eigenvalue weighted by Gasteiger charge is 2.15. The van der Waals surface area contributed by atoms with Gasteiger partial charge >= 0.3 is 11.9 Å². The summed E-state index contributed by atoms with van der Waals surface area (Å²) in [5.74, 6) is -0.508. The number of nitrogens with two attached hydrogens (primary N) is 1. The fourth-order valence-corrected chi connectivity index (χ4v) is 2.36. The van der Waals surface area contributed by atoms with Crippen molar-refractivity contribution in [3.63, 3.8) is 0 Å². The smallest absolute Gasteiger partial charge is 0.343 e. The van der Waals surface area contributed by atoms with Crippen LogP contribution in [0.1, 0.15) is 20.7 Å². The van der Waals surface area contributed by atoms with Gasteiger partial charge in [0.05, 0.1) is 16.8 Å². The standard InChI is InChI=1S/C21H18N2O4/c1-23-16-9-11-17(12-10-16)26-20(24)14-5-4-6-15(13-14)21(25)27-19-8-3-2-7-18(19)22/h2-13,23H,22H2,1H3. The number of anilines is 2. The van der Waals surface area contributed by atoms with Crippen molar-refractivity contribution in [2.24, 2.45) is 0 Å². The maximum absolute atomic E-state index is 12.3. The molecule has 0 heterocycles. The first kappa shape index (κ1) is 18.0. The van der Waals surface area contributed by atoms with Gasteiger partial charge < -0.3 is 20.5 Å². The van der Waals surface area contributed by atoms with Gasteiger partial charge in [-0.2, -0.15) is 0 Å². The molecule has 0 spiro atoms. The van der Waals surface area contributed by atoms with Crippen molar-refractivity contribution in [2.75, 3.05) is 18.1 Å². The second-order valence-electron chi connectivity index (χ2n) is 5.67. The minimum Gasteiger partial charge on any atom is -0.423 e. The number of carbonyl (C=O) groups is 2. The molecule has 0 aromatic heterocycles. The van der Waals surface area contributed by atoms with E-state index in [4.69, 9.17) is 15.2 Å². The van der Waals surface area contributed by atoms with Crippen molar-refractivity contribution >= 4 is 23.3 Å². The summed E-state index contributed by atoms with van der Waals surface area (Å²) in [5, 5.41) is 2.98. The van der Waals surface area contributed by atoms with Crippen LogP contribution < -0.4 is 20.5 Å². The van der Waals surface area contributed by atoms with Gasteiger partial charge in [0.15, 0.2) is 5.75 Å². The molecule has 3 N–H and O–H groups in total. The van der Waals surface area contributed by atoms with E-state index in [1.807, 2.05) is 0 Å². The van der Waals surface area contributed by atoms with Crippen LogP contribution in [0, 0.1) is 0 Å². The highest BCUT2D eigenvalue weighted by Crippen LogP contribution is 2.22. The molecule has 0 amide bonds. The third-order valence-corrected chi connectivity index (χ3v) is 3.81. The molecule has 0 saturated heterocycles. The number of benzene rings is 3. The van der Waals surface area contributed by atoms with Crippen LogP contribution in [0.5, 0.6) is 11.5 Å². The van der Waals surface area contributed by atoms with E-state index in [0.717, 1.165) is 5.69 Å². The minimum absolute atomic E-state index is 0.221. The summed E-state index contributed by atoms with van der Waals surface area (Å²) in [4.78, 5) is 24.7. The van der Waals surface area contributed by atoms with Gasteiger partial charge in [-0.05, 0) is 54.6 Å². The lowest BCUT2D eigenvalue weighted by molar-refractivity contribution is 0.0734. The lowest BCUT2D eigenvalue weighted by Gasteiger charge is -2.08. The Morgan fingerprint density at radius 3 is 2.07 bits per heavy atom. The number of nitrogen functional groups attached to an aromatic ring is 1. The van der Waals surface area contributed by atoms with Gasteiger partial charge in [-0.25, -0.2) is 9.59 Å². The van der Waals surface area contributed by atoms with Crippen molar-refractivity contribution in [1.82, 2.24) is 0 Å². The maximum Gasteiger partial charge on any atom is 0.343 e. The van der Waals surface area contributed by atoms with Crippen LogP contribution >= 0.6 is 0 Å². The molecule has 27 heavy (non-hydrogen) atoms. The zero-order valence-corrected chi connectivity index (χ0v) is 14.6. The van der Waals surface area contributed by atoms with Crippen LogP contribution in [-0.4, -0.2) is 19.0 Å². The van der Waals surface area contributed by atoms with E-state index in [1.54, 1.807) is 73.8 Å². The van der Waals surface area contributed by atoms with Crippen molar-refractivity contribution < 1.29 is 19.1 Å². The van der Waals surface area contributed by atoms with E-state index in [0.29, 0.717) is 11.4 Å². The summed E-state index contributed by atoms with van der Waals surface area (Å²) in [7, 11) is 1.80. The summed E-state index contributed by atoms with van der Waals surface area (Å²) in [5.41, 5.74) is 7.49. The topological polar surface area (TPSA) is 90.6 Å². The van der Waals surface area contributed by atoms with Crippen LogP contribution in [0.25, 0.3) is 0 Å². The molecule has 0 saturated carbocycles. The maximum atomic E-state index is 12.3. The highest BCUT2D eigenvalue weighted by atomic mass is 16.5. The molecular formula is C21H18N2O4. The number of hydrogen-bond acceptors (Lipinski definition) is 6. The average Bonchev–Trinajstić information content (AvgIpc) is 2.70. The second-order valence-corrected chi connectivity index (χ2v) is 5.67. The van der Waals surface area contributed by atoms with Crippen LogP contribution in [0.15, 0.2) is 72.8 Å². The van der Waals surface area contributed by atoms with Crippen LogP contribution in [0.3, 0.4) is 0 Å². The first-order valence-corrected chi connectivity index (χ1v) is 8.23. The SMILES string of the molecule is CNc1ccc(OC(=O)c2cccc(C(=O)Oc3ccccc3N)c2)cc1. The number of rotatable bonds is 5. The van der Waals surface area contributed by atoms with Gasteiger partial charge in [-0.3, -0.25) is 0 Å². The Bertz CT molecular complexity index is 968. The Labute approximate surface area is 156 Å². The molecule has 3 aromatic rings. The van der Waals surface area contributed by atoms with Gasteiger partial charge in [0.1, 0.15) is 5.75 Å². The summed E-state index contributed by atoms with van der Waals surface area (Å²) >= 11 is 0. The fourth-order valence-electron chi connectivity index (χ4n) is 2.36. The number of ether oxygens (including phenoxy) is 2. The molecule has 6 nitrogen and oxygen atoms in total. The normalized spacial score (nSPS) is 10.1. The fraction of sp³-hybridized carbons (Fsp3) is 0.0476. The number of carbonyl (C=O) groups excluding carboxylic acids is 2. The van der Waals surface area contributed by atoms with Gasteiger partial charge in [-0.1, -0.05) is 18.2 Å².